The van der Waals surface area contributed by atoms with Crippen LogP contribution in [0.1, 0.15) is 42.3 Å². The summed E-state index contributed by atoms with van der Waals surface area (Å²) in [6.45, 7) is 1.93. The molecule has 0 radical (unpaired) electrons. The number of allylic oxidation sites excluding steroid dienone is 2. The maximum atomic E-state index is 13.1. The summed E-state index contributed by atoms with van der Waals surface area (Å²) in [6, 6.07) is 3.94. The van der Waals surface area contributed by atoms with E-state index in [1.165, 1.54) is 6.33 Å². The predicted octanol–water partition coefficient (Wildman–Crippen LogP) is 2.95. The Morgan fingerprint density at radius 2 is 2.17 bits per heavy atom. The summed E-state index contributed by atoms with van der Waals surface area (Å²) in [5.74, 6) is -1.19. The van der Waals surface area contributed by atoms with Crippen molar-refractivity contribution in [2.45, 2.75) is 38.5 Å². The number of hydrogen-bond acceptors (Lipinski definition) is 6. The van der Waals surface area contributed by atoms with Gasteiger partial charge in [-0.3, -0.25) is 0 Å². The van der Waals surface area contributed by atoms with E-state index >= 15 is 0 Å². The van der Waals surface area contributed by atoms with Gasteiger partial charge in [0.2, 0.25) is 0 Å². The molecule has 3 aromatic heterocycles. The second kappa shape index (κ2) is 7.62. The Hall–Kier alpha value is -3.68. The van der Waals surface area contributed by atoms with Gasteiger partial charge in [-0.05, 0) is 30.8 Å². The molecule has 30 heavy (non-hydrogen) atoms. The monoisotopic (exact) mass is 414 g/mol. The lowest BCUT2D eigenvalue weighted by Gasteiger charge is -2.22. The molecular formula is C19H17F3N8. The molecular weight excluding hydrogens is 397 g/mol. The Morgan fingerprint density at radius 3 is 2.90 bits per heavy atom. The maximum Gasteiger partial charge on any atom is 0.453 e. The molecule has 0 saturated heterocycles. The lowest BCUT2D eigenvalue weighted by atomic mass is 10.1. The van der Waals surface area contributed by atoms with Crippen LogP contribution in [0.15, 0.2) is 42.5 Å². The number of nitriles is 1. The minimum Gasteiger partial charge on any atom is -0.366 e. The fourth-order valence-electron chi connectivity index (χ4n) is 3.39. The van der Waals surface area contributed by atoms with Crippen molar-refractivity contribution in [3.8, 4) is 6.07 Å². The molecule has 0 aromatic carbocycles. The van der Waals surface area contributed by atoms with Crippen molar-refractivity contribution in [3.05, 3.63) is 65.3 Å². The molecule has 1 unspecified atom stereocenters. The SMILES string of the molecule is CCCc1c(Cc2ccnn2C2NC=CC=C2C#N)ncn2nc(C(F)(F)F)nc12. The fourth-order valence-corrected chi connectivity index (χ4v) is 3.39. The van der Waals surface area contributed by atoms with Crippen LogP contribution in [0.2, 0.25) is 0 Å². The van der Waals surface area contributed by atoms with E-state index in [-0.39, 0.29) is 5.65 Å². The number of rotatable bonds is 5. The molecule has 11 heteroatoms. The van der Waals surface area contributed by atoms with E-state index in [0.29, 0.717) is 36.1 Å². The molecule has 1 aliphatic rings. The highest BCUT2D eigenvalue weighted by Crippen LogP contribution is 2.28. The average molecular weight is 414 g/mol. The van der Waals surface area contributed by atoms with Crippen LogP contribution in [-0.2, 0) is 19.0 Å². The summed E-state index contributed by atoms with van der Waals surface area (Å²) in [5, 5.41) is 20.3. The first-order valence-electron chi connectivity index (χ1n) is 9.28. The normalized spacial score (nSPS) is 16.4. The standard InChI is InChI=1S/C19H17F3N8/c1-2-4-14-15(25-11-29-17(14)27-18(28-29)19(20,21)22)9-13-6-8-26-30(13)16-12(10-23)5-3-7-24-16/h3,5-8,11,16,24H,2,4,9H2,1H3. The Morgan fingerprint density at radius 1 is 1.33 bits per heavy atom. The van der Waals surface area contributed by atoms with Gasteiger partial charge in [0.15, 0.2) is 11.8 Å². The number of nitrogens with zero attached hydrogens (tertiary/aromatic N) is 7. The van der Waals surface area contributed by atoms with Gasteiger partial charge in [-0.15, -0.1) is 5.10 Å². The number of aromatic nitrogens is 6. The van der Waals surface area contributed by atoms with Crippen LogP contribution in [0.4, 0.5) is 13.2 Å². The van der Waals surface area contributed by atoms with E-state index in [4.69, 9.17) is 0 Å². The second-order valence-electron chi connectivity index (χ2n) is 6.73. The molecule has 0 amide bonds. The Bertz CT molecular complexity index is 1180. The smallest absolute Gasteiger partial charge is 0.366 e. The van der Waals surface area contributed by atoms with Crippen LogP contribution in [0.25, 0.3) is 5.65 Å². The van der Waals surface area contributed by atoms with Crippen molar-refractivity contribution >= 4 is 5.65 Å². The van der Waals surface area contributed by atoms with Crippen molar-refractivity contribution in [3.63, 3.8) is 0 Å². The molecule has 0 spiro atoms. The van der Waals surface area contributed by atoms with Crippen LogP contribution in [0.5, 0.6) is 0 Å². The van der Waals surface area contributed by atoms with Gasteiger partial charge in [0, 0.05) is 23.9 Å². The molecule has 4 rings (SSSR count). The molecule has 1 aliphatic heterocycles. The van der Waals surface area contributed by atoms with Crippen molar-refractivity contribution < 1.29 is 13.2 Å². The molecule has 1 atom stereocenters. The van der Waals surface area contributed by atoms with E-state index < -0.39 is 18.2 Å². The summed E-state index contributed by atoms with van der Waals surface area (Å²) in [4.78, 5) is 8.08. The zero-order chi connectivity index (χ0) is 21.3. The van der Waals surface area contributed by atoms with E-state index in [2.05, 4.69) is 31.6 Å². The molecule has 154 valence electrons. The van der Waals surface area contributed by atoms with Crippen LogP contribution >= 0.6 is 0 Å². The van der Waals surface area contributed by atoms with Gasteiger partial charge in [-0.2, -0.15) is 23.5 Å². The summed E-state index contributed by atoms with van der Waals surface area (Å²) >= 11 is 0. The minimum atomic E-state index is -4.63. The van der Waals surface area contributed by atoms with Gasteiger partial charge >= 0.3 is 6.18 Å². The summed E-state index contributed by atoms with van der Waals surface area (Å²) in [7, 11) is 0. The van der Waals surface area contributed by atoms with Gasteiger partial charge in [0.25, 0.3) is 5.82 Å². The van der Waals surface area contributed by atoms with E-state index in [1.54, 1.807) is 35.3 Å². The first kappa shape index (κ1) is 19.6. The first-order valence-corrected chi connectivity index (χ1v) is 9.28. The van der Waals surface area contributed by atoms with Gasteiger partial charge in [0.05, 0.1) is 17.3 Å². The van der Waals surface area contributed by atoms with Gasteiger partial charge in [-0.1, -0.05) is 13.3 Å². The topological polar surface area (TPSA) is 96.7 Å². The molecule has 0 aliphatic carbocycles. The fraction of sp³-hybridized carbons (Fsp3) is 0.316. The third-order valence-electron chi connectivity index (χ3n) is 4.72. The molecule has 0 saturated carbocycles. The van der Waals surface area contributed by atoms with Crippen molar-refractivity contribution in [2.75, 3.05) is 0 Å². The number of aryl methyl sites for hydroxylation is 1. The number of alkyl halides is 3. The summed E-state index contributed by atoms with van der Waals surface area (Å²) in [5.41, 5.74) is 2.61. The Balaban J connectivity index is 1.74. The molecule has 3 aromatic rings. The number of halogens is 3. The van der Waals surface area contributed by atoms with Gasteiger partial charge in [-0.25, -0.2) is 19.2 Å². The number of dihydropyridines is 1. The summed E-state index contributed by atoms with van der Waals surface area (Å²) in [6.07, 6.45) is 4.45. The van der Waals surface area contributed by atoms with Crippen molar-refractivity contribution in [1.29, 1.82) is 5.26 Å². The van der Waals surface area contributed by atoms with Crippen LogP contribution < -0.4 is 5.32 Å². The maximum absolute atomic E-state index is 13.1. The molecule has 8 nitrogen and oxygen atoms in total. The first-order chi connectivity index (χ1) is 14.4. The van der Waals surface area contributed by atoms with E-state index in [1.807, 2.05) is 6.92 Å². The number of hydrogen-bond donors (Lipinski definition) is 1. The van der Waals surface area contributed by atoms with Gasteiger partial charge in [0.1, 0.15) is 6.33 Å². The minimum absolute atomic E-state index is 0.150. The van der Waals surface area contributed by atoms with Crippen LogP contribution in [0.3, 0.4) is 0 Å². The van der Waals surface area contributed by atoms with E-state index in [0.717, 1.165) is 10.2 Å². The number of fused-ring (bicyclic) bond motifs is 1. The third kappa shape index (κ3) is 3.52. The molecule has 0 bridgehead atoms. The van der Waals surface area contributed by atoms with Gasteiger partial charge < -0.3 is 5.32 Å². The quantitative estimate of drug-likeness (QED) is 0.690. The highest BCUT2D eigenvalue weighted by molar-refractivity contribution is 5.50. The molecule has 1 N–H and O–H groups in total. The van der Waals surface area contributed by atoms with Crippen molar-refractivity contribution in [2.24, 2.45) is 0 Å². The largest absolute Gasteiger partial charge is 0.453 e. The zero-order valence-electron chi connectivity index (χ0n) is 15.9. The summed E-state index contributed by atoms with van der Waals surface area (Å²) < 4.78 is 41.9. The lowest BCUT2D eigenvalue weighted by Crippen LogP contribution is -2.28. The zero-order valence-corrected chi connectivity index (χ0v) is 15.9. The Kier molecular flexibility index (Phi) is 4.99. The highest BCUT2D eigenvalue weighted by atomic mass is 19.4. The van der Waals surface area contributed by atoms with Crippen LogP contribution in [0, 0.1) is 11.3 Å². The van der Waals surface area contributed by atoms with Crippen molar-refractivity contribution in [1.82, 2.24) is 34.7 Å². The highest BCUT2D eigenvalue weighted by Gasteiger charge is 2.36. The predicted molar refractivity (Wildman–Crippen MR) is 99.8 cm³/mol. The second-order valence-corrected chi connectivity index (χ2v) is 6.73. The molecule has 0 fully saturated rings. The average Bonchev–Trinajstić information content (AvgIpc) is 3.36. The van der Waals surface area contributed by atoms with Crippen LogP contribution in [-0.4, -0.2) is 29.4 Å². The van der Waals surface area contributed by atoms with E-state index in [9.17, 15) is 18.4 Å². The Labute approximate surface area is 169 Å². The molecule has 4 heterocycles. The lowest BCUT2D eigenvalue weighted by molar-refractivity contribution is -0.144. The third-order valence-corrected chi connectivity index (χ3v) is 4.72. The number of nitrogens with one attached hydrogen (secondary N) is 1.